The van der Waals surface area contributed by atoms with E-state index in [1.54, 1.807) is 19.0 Å². The Labute approximate surface area is 161 Å². The highest BCUT2D eigenvalue weighted by atomic mass is 16.2. The number of rotatable bonds is 4. The molecule has 1 amide bonds. The molecule has 2 aromatic rings. The van der Waals surface area contributed by atoms with Gasteiger partial charge in [-0.25, -0.2) is 4.99 Å². The van der Waals surface area contributed by atoms with Crippen molar-refractivity contribution in [3.8, 4) is 0 Å². The standard InChI is InChI=1S/C22H28N4O/c1-4-23-22(26-14-13-18-7-5-6-8-20(18)16-26)24-15-17-9-11-19(12-10-17)21(27)25(2)3/h5-12H,4,13-16H2,1-3H3,(H,23,24). The van der Waals surface area contributed by atoms with Crippen LogP contribution in [0, 0.1) is 0 Å². The average Bonchev–Trinajstić information content (AvgIpc) is 2.70. The molecule has 0 radical (unpaired) electrons. The van der Waals surface area contributed by atoms with Gasteiger partial charge in [-0.1, -0.05) is 36.4 Å². The van der Waals surface area contributed by atoms with E-state index >= 15 is 0 Å². The number of benzene rings is 2. The molecule has 0 saturated carbocycles. The molecule has 27 heavy (non-hydrogen) atoms. The van der Waals surface area contributed by atoms with E-state index in [2.05, 4.69) is 41.4 Å². The Hall–Kier alpha value is -2.82. The number of carbonyl (C=O) groups excluding carboxylic acids is 1. The van der Waals surface area contributed by atoms with Crippen LogP contribution in [0.25, 0.3) is 0 Å². The van der Waals surface area contributed by atoms with Crippen LogP contribution in [0.4, 0.5) is 0 Å². The Morgan fingerprint density at radius 1 is 1.11 bits per heavy atom. The third kappa shape index (κ3) is 4.67. The molecule has 0 unspecified atom stereocenters. The molecule has 1 N–H and O–H groups in total. The third-order valence-electron chi connectivity index (χ3n) is 4.78. The number of nitrogens with zero attached hydrogens (tertiary/aromatic N) is 3. The molecule has 0 fully saturated rings. The van der Waals surface area contributed by atoms with Gasteiger partial charge in [-0.05, 0) is 42.2 Å². The number of guanidine groups is 1. The van der Waals surface area contributed by atoms with Crippen molar-refractivity contribution >= 4 is 11.9 Å². The van der Waals surface area contributed by atoms with Crippen LogP contribution in [0.15, 0.2) is 53.5 Å². The van der Waals surface area contributed by atoms with E-state index in [-0.39, 0.29) is 5.91 Å². The summed E-state index contributed by atoms with van der Waals surface area (Å²) in [6.45, 7) is 5.39. The van der Waals surface area contributed by atoms with Crippen molar-refractivity contribution in [3.05, 3.63) is 70.8 Å². The molecule has 2 aromatic carbocycles. The molecule has 1 aliphatic rings. The number of carbonyl (C=O) groups is 1. The van der Waals surface area contributed by atoms with Gasteiger partial charge in [-0.2, -0.15) is 0 Å². The molecule has 0 saturated heterocycles. The zero-order valence-electron chi connectivity index (χ0n) is 16.4. The maximum absolute atomic E-state index is 12.0. The van der Waals surface area contributed by atoms with Gasteiger partial charge in [0, 0.05) is 39.3 Å². The Balaban J connectivity index is 1.70. The number of hydrogen-bond donors (Lipinski definition) is 1. The third-order valence-corrected chi connectivity index (χ3v) is 4.78. The number of aliphatic imine (C=N–C) groups is 1. The Morgan fingerprint density at radius 2 is 1.81 bits per heavy atom. The Bertz CT molecular complexity index is 811. The van der Waals surface area contributed by atoms with Crippen LogP contribution < -0.4 is 5.32 Å². The highest BCUT2D eigenvalue weighted by molar-refractivity contribution is 5.93. The van der Waals surface area contributed by atoms with Crippen LogP contribution in [0.3, 0.4) is 0 Å². The van der Waals surface area contributed by atoms with Crippen LogP contribution in [0.5, 0.6) is 0 Å². The Kier molecular flexibility index (Phi) is 6.12. The van der Waals surface area contributed by atoms with Crippen LogP contribution in [-0.2, 0) is 19.5 Å². The van der Waals surface area contributed by atoms with E-state index in [1.807, 2.05) is 24.3 Å². The summed E-state index contributed by atoms with van der Waals surface area (Å²) >= 11 is 0. The first-order valence-electron chi connectivity index (χ1n) is 9.49. The van der Waals surface area contributed by atoms with Gasteiger partial charge in [0.1, 0.15) is 0 Å². The molecule has 3 rings (SSSR count). The summed E-state index contributed by atoms with van der Waals surface area (Å²) in [6.07, 6.45) is 1.04. The minimum Gasteiger partial charge on any atom is -0.356 e. The molecule has 5 nitrogen and oxygen atoms in total. The molecule has 0 atom stereocenters. The summed E-state index contributed by atoms with van der Waals surface area (Å²) in [5, 5.41) is 3.41. The van der Waals surface area contributed by atoms with E-state index in [0.717, 1.165) is 37.6 Å². The second kappa shape index (κ2) is 8.71. The molecular weight excluding hydrogens is 336 g/mol. The fourth-order valence-electron chi connectivity index (χ4n) is 3.28. The van der Waals surface area contributed by atoms with Crippen molar-refractivity contribution in [2.75, 3.05) is 27.2 Å². The molecule has 142 valence electrons. The first kappa shape index (κ1) is 19.0. The van der Waals surface area contributed by atoms with Crippen LogP contribution in [0.1, 0.15) is 34.0 Å². The van der Waals surface area contributed by atoms with Gasteiger partial charge in [-0.15, -0.1) is 0 Å². The number of amides is 1. The molecule has 1 aliphatic heterocycles. The van der Waals surface area contributed by atoms with Crippen LogP contribution in [-0.4, -0.2) is 48.9 Å². The average molecular weight is 364 g/mol. The number of fused-ring (bicyclic) bond motifs is 1. The fraction of sp³-hybridized carbons (Fsp3) is 0.364. The summed E-state index contributed by atoms with van der Waals surface area (Å²) < 4.78 is 0. The van der Waals surface area contributed by atoms with Crippen LogP contribution >= 0.6 is 0 Å². The summed E-state index contributed by atoms with van der Waals surface area (Å²) in [5.74, 6) is 0.964. The van der Waals surface area contributed by atoms with E-state index in [9.17, 15) is 4.79 Å². The first-order chi connectivity index (χ1) is 13.1. The SMILES string of the molecule is CCNC(=NCc1ccc(C(=O)N(C)C)cc1)N1CCc2ccccc2C1. The molecular formula is C22H28N4O. The van der Waals surface area contributed by atoms with Gasteiger partial charge in [0.2, 0.25) is 0 Å². The highest BCUT2D eigenvalue weighted by Crippen LogP contribution is 2.18. The molecule has 0 aliphatic carbocycles. The molecule has 0 bridgehead atoms. The van der Waals surface area contributed by atoms with E-state index < -0.39 is 0 Å². The van der Waals surface area contributed by atoms with Gasteiger partial charge < -0.3 is 15.1 Å². The number of hydrogen-bond acceptors (Lipinski definition) is 2. The van der Waals surface area contributed by atoms with Crippen molar-refractivity contribution in [1.29, 1.82) is 0 Å². The van der Waals surface area contributed by atoms with E-state index in [1.165, 1.54) is 11.1 Å². The van der Waals surface area contributed by atoms with Crippen molar-refractivity contribution in [2.24, 2.45) is 4.99 Å². The lowest BCUT2D eigenvalue weighted by Gasteiger charge is -2.31. The van der Waals surface area contributed by atoms with Gasteiger partial charge in [-0.3, -0.25) is 4.79 Å². The van der Waals surface area contributed by atoms with Crippen LogP contribution in [0.2, 0.25) is 0 Å². The van der Waals surface area contributed by atoms with Gasteiger partial charge in [0.15, 0.2) is 5.96 Å². The van der Waals surface area contributed by atoms with Gasteiger partial charge >= 0.3 is 0 Å². The predicted molar refractivity (Wildman–Crippen MR) is 110 cm³/mol. The lowest BCUT2D eigenvalue weighted by molar-refractivity contribution is 0.0827. The molecule has 5 heteroatoms. The van der Waals surface area contributed by atoms with Crippen molar-refractivity contribution in [2.45, 2.75) is 26.4 Å². The van der Waals surface area contributed by atoms with Crippen molar-refractivity contribution in [1.82, 2.24) is 15.1 Å². The summed E-state index contributed by atoms with van der Waals surface area (Å²) in [5.41, 5.74) is 4.61. The second-order valence-electron chi connectivity index (χ2n) is 7.01. The fourth-order valence-corrected chi connectivity index (χ4v) is 3.28. The molecule has 1 heterocycles. The van der Waals surface area contributed by atoms with Crippen molar-refractivity contribution in [3.63, 3.8) is 0 Å². The predicted octanol–water partition coefficient (Wildman–Crippen LogP) is 2.91. The largest absolute Gasteiger partial charge is 0.356 e. The van der Waals surface area contributed by atoms with E-state index in [0.29, 0.717) is 12.1 Å². The topological polar surface area (TPSA) is 47.9 Å². The second-order valence-corrected chi connectivity index (χ2v) is 7.01. The lowest BCUT2D eigenvalue weighted by atomic mass is 10.0. The summed E-state index contributed by atoms with van der Waals surface area (Å²) in [4.78, 5) is 20.7. The van der Waals surface area contributed by atoms with Gasteiger partial charge in [0.25, 0.3) is 5.91 Å². The normalized spacial score (nSPS) is 13.9. The van der Waals surface area contributed by atoms with Gasteiger partial charge in [0.05, 0.1) is 6.54 Å². The first-order valence-corrected chi connectivity index (χ1v) is 9.49. The summed E-state index contributed by atoms with van der Waals surface area (Å²) in [7, 11) is 3.53. The van der Waals surface area contributed by atoms with Crippen molar-refractivity contribution < 1.29 is 4.79 Å². The van der Waals surface area contributed by atoms with E-state index in [4.69, 9.17) is 4.99 Å². The zero-order chi connectivity index (χ0) is 19.2. The molecule has 0 aromatic heterocycles. The molecule has 0 spiro atoms. The lowest BCUT2D eigenvalue weighted by Crippen LogP contribution is -2.44. The maximum atomic E-state index is 12.0. The minimum absolute atomic E-state index is 0.0189. The quantitative estimate of drug-likeness (QED) is 0.670. The minimum atomic E-state index is 0.0189. The summed E-state index contributed by atoms with van der Waals surface area (Å²) in [6, 6.07) is 16.3. The zero-order valence-corrected chi connectivity index (χ0v) is 16.4. The number of nitrogens with one attached hydrogen (secondary N) is 1. The highest BCUT2D eigenvalue weighted by Gasteiger charge is 2.18. The Morgan fingerprint density at radius 3 is 2.48 bits per heavy atom. The monoisotopic (exact) mass is 364 g/mol. The smallest absolute Gasteiger partial charge is 0.253 e. The maximum Gasteiger partial charge on any atom is 0.253 e.